The fourth-order valence-corrected chi connectivity index (χ4v) is 6.32. The zero-order chi connectivity index (χ0) is 24.9. The first-order valence-corrected chi connectivity index (χ1v) is 13.7. The van der Waals surface area contributed by atoms with Gasteiger partial charge >= 0.3 is 6.03 Å². The summed E-state index contributed by atoms with van der Waals surface area (Å²) >= 11 is 3.23. The Morgan fingerprint density at radius 1 is 1.00 bits per heavy atom. The van der Waals surface area contributed by atoms with Crippen molar-refractivity contribution >= 4 is 46.7 Å². The number of ketones is 1. The van der Waals surface area contributed by atoms with Crippen molar-refractivity contribution in [1.82, 2.24) is 0 Å². The van der Waals surface area contributed by atoms with Crippen molar-refractivity contribution in [2.24, 2.45) is 0 Å². The lowest BCUT2D eigenvalue weighted by molar-refractivity contribution is 0.102. The van der Waals surface area contributed by atoms with E-state index in [-0.39, 0.29) is 23.1 Å². The highest BCUT2D eigenvalue weighted by atomic mass is 32.2. The first-order chi connectivity index (χ1) is 17.6. The number of nitrogens with one attached hydrogen (secondary N) is 1. The Labute approximate surface area is 219 Å². The first-order valence-electron chi connectivity index (χ1n) is 11.8. The summed E-state index contributed by atoms with van der Waals surface area (Å²) in [5.74, 6) is 1.11. The molecule has 0 aromatic heterocycles. The fourth-order valence-electron chi connectivity index (χ4n) is 4.21. The van der Waals surface area contributed by atoms with Crippen molar-refractivity contribution in [2.45, 2.75) is 28.0 Å². The molecule has 2 aliphatic rings. The molecule has 0 spiro atoms. The number of hydrogen-bond acceptors (Lipinski definition) is 5. The summed E-state index contributed by atoms with van der Waals surface area (Å²) in [4.78, 5) is 30.0. The highest BCUT2D eigenvalue weighted by Gasteiger charge is 2.36. The zero-order valence-electron chi connectivity index (χ0n) is 19.8. The van der Waals surface area contributed by atoms with Crippen LogP contribution in [0.5, 0.6) is 5.75 Å². The number of para-hydroxylation sites is 1. The van der Waals surface area contributed by atoms with Crippen molar-refractivity contribution in [3.63, 3.8) is 0 Å². The van der Waals surface area contributed by atoms with Crippen molar-refractivity contribution in [3.8, 4) is 5.75 Å². The molecule has 5 nitrogen and oxygen atoms in total. The van der Waals surface area contributed by atoms with Crippen LogP contribution in [0.2, 0.25) is 0 Å². The number of carbonyl (C=O) groups is 2. The maximum Gasteiger partial charge on any atom is 0.326 e. The number of benzene rings is 3. The van der Waals surface area contributed by atoms with Crippen molar-refractivity contribution in [3.05, 3.63) is 103 Å². The standard InChI is InChI=1S/C29H26N2O3S2/c1-2-34-22-16-14-20(15-17-22)26(32)19-35-23-9-7-8-21(18-23)30-29(33)31-24-10-3-5-12-27(24)36-28-13-6-4-11-25(28)31/h3-18,24,27H,2,19H2,1H3,(H,30,33). The monoisotopic (exact) mass is 514 g/mol. The molecular weight excluding hydrogens is 488 g/mol. The van der Waals surface area contributed by atoms with Gasteiger partial charge in [0, 0.05) is 21.0 Å². The number of Topliss-reactive ketones (excluding diaryl/α,β-unsaturated/α-hetero) is 1. The quantitative estimate of drug-likeness (QED) is 0.270. The van der Waals surface area contributed by atoms with Gasteiger partial charge in [0.05, 0.1) is 29.3 Å². The summed E-state index contributed by atoms with van der Waals surface area (Å²) in [7, 11) is 0. The number of thioether (sulfide) groups is 2. The molecule has 1 heterocycles. The van der Waals surface area contributed by atoms with Crippen LogP contribution in [0.15, 0.2) is 107 Å². The van der Waals surface area contributed by atoms with Gasteiger partial charge in [-0.05, 0) is 61.5 Å². The molecule has 36 heavy (non-hydrogen) atoms. The number of nitrogens with zero attached hydrogens (tertiary/aromatic N) is 1. The number of hydrogen-bond donors (Lipinski definition) is 1. The van der Waals surface area contributed by atoms with E-state index in [0.717, 1.165) is 21.2 Å². The van der Waals surface area contributed by atoms with E-state index >= 15 is 0 Å². The normalized spacial score (nSPS) is 17.8. The Morgan fingerprint density at radius 3 is 2.64 bits per heavy atom. The smallest absolute Gasteiger partial charge is 0.326 e. The van der Waals surface area contributed by atoms with Crippen LogP contribution in [0.4, 0.5) is 16.2 Å². The van der Waals surface area contributed by atoms with Gasteiger partial charge in [-0.1, -0.05) is 42.5 Å². The van der Waals surface area contributed by atoms with E-state index in [9.17, 15) is 9.59 Å². The number of anilines is 2. The van der Waals surface area contributed by atoms with E-state index in [4.69, 9.17) is 4.74 Å². The molecule has 2 atom stereocenters. The van der Waals surface area contributed by atoms with Crippen LogP contribution < -0.4 is 15.0 Å². The average Bonchev–Trinajstić information content (AvgIpc) is 2.91. The molecule has 1 N–H and O–H groups in total. The molecule has 1 aliphatic carbocycles. The Kier molecular flexibility index (Phi) is 7.49. The highest BCUT2D eigenvalue weighted by molar-refractivity contribution is 8.00. The van der Waals surface area contributed by atoms with E-state index in [1.807, 2.05) is 78.6 Å². The lowest BCUT2D eigenvalue weighted by atomic mass is 10.1. The molecule has 2 amide bonds. The van der Waals surface area contributed by atoms with Gasteiger partial charge in [-0.25, -0.2) is 4.79 Å². The third kappa shape index (κ3) is 5.37. The highest BCUT2D eigenvalue weighted by Crippen LogP contribution is 2.43. The second-order valence-electron chi connectivity index (χ2n) is 8.31. The summed E-state index contributed by atoms with van der Waals surface area (Å²) in [6.07, 6.45) is 8.25. The van der Waals surface area contributed by atoms with E-state index in [1.54, 1.807) is 23.9 Å². The predicted molar refractivity (Wildman–Crippen MR) is 149 cm³/mol. The topological polar surface area (TPSA) is 58.6 Å². The Morgan fingerprint density at radius 2 is 1.81 bits per heavy atom. The lowest BCUT2D eigenvalue weighted by Gasteiger charge is -2.40. The third-order valence-corrected chi connectivity index (χ3v) is 8.21. The summed E-state index contributed by atoms with van der Waals surface area (Å²) in [5.41, 5.74) is 2.26. The largest absolute Gasteiger partial charge is 0.494 e. The van der Waals surface area contributed by atoms with Crippen LogP contribution in [0.3, 0.4) is 0 Å². The molecule has 182 valence electrons. The minimum Gasteiger partial charge on any atom is -0.494 e. The van der Waals surface area contributed by atoms with Crippen molar-refractivity contribution in [1.29, 1.82) is 0 Å². The SMILES string of the molecule is CCOc1ccc(C(=O)CSc2cccc(NC(=O)N3c4ccccc4SC4C=CC=CC43)c2)cc1. The molecule has 0 saturated heterocycles. The summed E-state index contributed by atoms with van der Waals surface area (Å²) in [6.45, 7) is 2.52. The molecule has 3 aromatic rings. The summed E-state index contributed by atoms with van der Waals surface area (Å²) < 4.78 is 5.44. The molecule has 0 bridgehead atoms. The Hall–Kier alpha value is -3.42. The Balaban J connectivity index is 1.26. The second-order valence-corrected chi connectivity index (χ2v) is 10.6. The minimum atomic E-state index is -0.176. The molecule has 7 heteroatoms. The van der Waals surface area contributed by atoms with Crippen LogP contribution in [0, 0.1) is 0 Å². The number of rotatable bonds is 7. The van der Waals surface area contributed by atoms with E-state index in [2.05, 4.69) is 23.5 Å². The molecule has 1 aliphatic heterocycles. The van der Waals surface area contributed by atoms with Gasteiger partial charge in [0.1, 0.15) is 5.75 Å². The molecule has 0 saturated carbocycles. The summed E-state index contributed by atoms with van der Waals surface area (Å²) in [5, 5.41) is 3.24. The van der Waals surface area contributed by atoms with Crippen LogP contribution >= 0.6 is 23.5 Å². The zero-order valence-corrected chi connectivity index (χ0v) is 21.4. The molecule has 0 fully saturated rings. The lowest BCUT2D eigenvalue weighted by Crippen LogP contribution is -2.49. The molecule has 3 aromatic carbocycles. The number of ether oxygens (including phenoxy) is 1. The van der Waals surface area contributed by atoms with Gasteiger partial charge in [-0.2, -0.15) is 0 Å². The second kappa shape index (κ2) is 11.1. The van der Waals surface area contributed by atoms with Crippen LogP contribution in [0.1, 0.15) is 17.3 Å². The minimum absolute atomic E-state index is 0.0445. The first kappa shape index (κ1) is 24.3. The Bertz CT molecular complexity index is 1320. The van der Waals surface area contributed by atoms with Crippen LogP contribution in [-0.4, -0.2) is 35.5 Å². The van der Waals surface area contributed by atoms with Gasteiger partial charge < -0.3 is 10.1 Å². The van der Waals surface area contributed by atoms with E-state index in [0.29, 0.717) is 23.6 Å². The van der Waals surface area contributed by atoms with Gasteiger partial charge in [-0.3, -0.25) is 9.69 Å². The van der Waals surface area contributed by atoms with Gasteiger partial charge in [-0.15, -0.1) is 23.5 Å². The predicted octanol–water partition coefficient (Wildman–Crippen LogP) is 7.07. The maximum absolute atomic E-state index is 13.5. The molecular formula is C29H26N2O3S2. The van der Waals surface area contributed by atoms with E-state index < -0.39 is 0 Å². The van der Waals surface area contributed by atoms with Gasteiger partial charge in [0.2, 0.25) is 0 Å². The fraction of sp³-hybridized carbons (Fsp3) is 0.172. The molecule has 0 radical (unpaired) electrons. The van der Waals surface area contributed by atoms with Crippen LogP contribution in [0.25, 0.3) is 0 Å². The number of carbonyl (C=O) groups excluding carboxylic acids is 2. The summed E-state index contributed by atoms with van der Waals surface area (Å²) in [6, 6.07) is 22.6. The van der Waals surface area contributed by atoms with Crippen molar-refractivity contribution < 1.29 is 14.3 Å². The maximum atomic E-state index is 13.5. The number of amides is 2. The van der Waals surface area contributed by atoms with Crippen LogP contribution in [-0.2, 0) is 0 Å². The van der Waals surface area contributed by atoms with E-state index in [1.165, 1.54) is 11.8 Å². The molecule has 2 unspecified atom stereocenters. The number of fused-ring (bicyclic) bond motifs is 2. The third-order valence-electron chi connectivity index (χ3n) is 5.90. The number of allylic oxidation sites excluding steroid dienone is 2. The van der Waals surface area contributed by atoms with Gasteiger partial charge in [0.15, 0.2) is 5.78 Å². The van der Waals surface area contributed by atoms with Gasteiger partial charge in [0.25, 0.3) is 0 Å². The average molecular weight is 515 g/mol. The molecule has 5 rings (SSSR count). The van der Waals surface area contributed by atoms with Crippen molar-refractivity contribution in [2.75, 3.05) is 22.6 Å². The number of urea groups is 1.